The molecule has 1 fully saturated rings. The highest BCUT2D eigenvalue weighted by Gasteiger charge is 2.40. The molecule has 4 nitrogen and oxygen atoms in total. The van der Waals surface area contributed by atoms with Gasteiger partial charge in [-0.2, -0.15) is 0 Å². The van der Waals surface area contributed by atoms with E-state index in [9.17, 15) is 9.59 Å². The molecule has 1 aliphatic rings. The Kier molecular flexibility index (Phi) is 8.52. The van der Waals surface area contributed by atoms with Crippen molar-refractivity contribution < 1.29 is 14.7 Å². The van der Waals surface area contributed by atoms with E-state index in [1.807, 2.05) is 31.2 Å². The minimum atomic E-state index is -0.759. The number of unbranched alkanes of at least 4 members (excludes halogenated alkanes) is 1. The lowest BCUT2D eigenvalue weighted by atomic mass is 9.86. The molecule has 0 aromatic heterocycles. The zero-order chi connectivity index (χ0) is 19.7. The Hall–Kier alpha value is -1.65. The summed E-state index contributed by atoms with van der Waals surface area (Å²) in [5.41, 5.74) is 1.99. The van der Waals surface area contributed by atoms with Crippen molar-refractivity contribution in [2.24, 2.45) is 0 Å². The van der Waals surface area contributed by atoms with Gasteiger partial charge in [0.15, 0.2) is 0 Å². The first-order valence-electron chi connectivity index (χ1n) is 9.74. The van der Waals surface area contributed by atoms with E-state index in [0.717, 1.165) is 37.8 Å². The quantitative estimate of drug-likeness (QED) is 0.332. The SMILES string of the molecule is Cc1cccc(CC(=O)CC[C@@]2(C/C=C\CCCC(=O)O)NCC[C@H]2Cl)c1. The Morgan fingerprint density at radius 1 is 1.33 bits per heavy atom. The van der Waals surface area contributed by atoms with E-state index >= 15 is 0 Å². The second kappa shape index (κ2) is 10.6. The summed E-state index contributed by atoms with van der Waals surface area (Å²) in [7, 11) is 0. The van der Waals surface area contributed by atoms with Crippen molar-refractivity contribution in [3.8, 4) is 0 Å². The maximum Gasteiger partial charge on any atom is 0.303 e. The number of carbonyl (C=O) groups excluding carboxylic acids is 1. The summed E-state index contributed by atoms with van der Waals surface area (Å²) >= 11 is 6.60. The van der Waals surface area contributed by atoms with Crippen LogP contribution in [0.4, 0.5) is 0 Å². The molecule has 0 saturated carbocycles. The van der Waals surface area contributed by atoms with Crippen molar-refractivity contribution in [2.75, 3.05) is 6.54 Å². The van der Waals surface area contributed by atoms with Crippen LogP contribution in [0.2, 0.25) is 0 Å². The molecule has 0 unspecified atom stereocenters. The minimum Gasteiger partial charge on any atom is -0.481 e. The van der Waals surface area contributed by atoms with Gasteiger partial charge in [-0.25, -0.2) is 0 Å². The molecule has 0 spiro atoms. The van der Waals surface area contributed by atoms with Gasteiger partial charge in [-0.05, 0) is 51.1 Å². The fourth-order valence-electron chi connectivity index (χ4n) is 3.67. The monoisotopic (exact) mass is 391 g/mol. The number of Topliss-reactive ketones (excluding diaryl/α,β-unsaturated/α-hetero) is 1. The molecular weight excluding hydrogens is 362 g/mol. The lowest BCUT2D eigenvalue weighted by Gasteiger charge is -2.32. The first-order chi connectivity index (χ1) is 12.9. The van der Waals surface area contributed by atoms with E-state index in [1.165, 1.54) is 5.56 Å². The summed E-state index contributed by atoms with van der Waals surface area (Å²) in [6.45, 7) is 2.90. The minimum absolute atomic E-state index is 0.00735. The molecule has 2 rings (SSSR count). The predicted octanol–water partition coefficient (Wildman–Crippen LogP) is 4.43. The number of carboxylic acid groups (broad SMARTS) is 1. The van der Waals surface area contributed by atoms with Crippen LogP contribution in [0.15, 0.2) is 36.4 Å². The Morgan fingerprint density at radius 3 is 2.81 bits per heavy atom. The van der Waals surface area contributed by atoms with Crippen LogP contribution in [0.1, 0.15) is 56.1 Å². The van der Waals surface area contributed by atoms with Gasteiger partial charge in [0.1, 0.15) is 5.78 Å². The predicted molar refractivity (Wildman–Crippen MR) is 109 cm³/mol. The first-order valence-corrected chi connectivity index (χ1v) is 10.2. The van der Waals surface area contributed by atoms with E-state index in [1.54, 1.807) is 0 Å². The Bertz CT molecular complexity index is 673. The fourth-order valence-corrected chi connectivity index (χ4v) is 4.05. The highest BCUT2D eigenvalue weighted by Crippen LogP contribution is 2.33. The summed E-state index contributed by atoms with van der Waals surface area (Å²) in [6, 6.07) is 8.08. The third-order valence-corrected chi connectivity index (χ3v) is 5.85. The molecule has 0 radical (unpaired) electrons. The third-order valence-electron chi connectivity index (χ3n) is 5.22. The fraction of sp³-hybridized carbons (Fsp3) is 0.545. The van der Waals surface area contributed by atoms with Crippen LogP contribution in [-0.2, 0) is 16.0 Å². The van der Waals surface area contributed by atoms with Gasteiger partial charge in [0, 0.05) is 24.8 Å². The molecule has 2 N–H and O–H groups in total. The number of hydrogen-bond donors (Lipinski definition) is 2. The molecule has 2 atom stereocenters. The molecule has 0 aliphatic carbocycles. The molecule has 0 bridgehead atoms. The number of carboxylic acids is 1. The lowest BCUT2D eigenvalue weighted by Crippen LogP contribution is -2.45. The number of allylic oxidation sites excluding steroid dienone is 1. The Labute approximate surface area is 167 Å². The zero-order valence-corrected chi connectivity index (χ0v) is 16.8. The Morgan fingerprint density at radius 2 is 2.15 bits per heavy atom. The van der Waals surface area contributed by atoms with Gasteiger partial charge >= 0.3 is 5.97 Å². The lowest BCUT2D eigenvalue weighted by molar-refractivity contribution is -0.137. The van der Waals surface area contributed by atoms with Crippen LogP contribution >= 0.6 is 11.6 Å². The van der Waals surface area contributed by atoms with E-state index in [0.29, 0.717) is 19.3 Å². The van der Waals surface area contributed by atoms with Crippen LogP contribution in [0.3, 0.4) is 0 Å². The van der Waals surface area contributed by atoms with Crippen LogP contribution in [0, 0.1) is 6.92 Å². The summed E-state index contributed by atoms with van der Waals surface area (Å²) < 4.78 is 0. The van der Waals surface area contributed by atoms with E-state index < -0.39 is 5.97 Å². The standard InChI is InChI=1S/C22H30ClNO3/c1-17-7-6-8-18(15-17)16-19(25)10-13-22(20(23)11-14-24-22)12-5-3-2-4-9-21(26)27/h3,5-8,15,20,24H,2,4,9-14,16H2,1H3,(H,26,27)/b5-3-/t20-,22-/m1/s1. The number of carbonyl (C=O) groups is 2. The molecule has 1 aromatic carbocycles. The number of aliphatic carboxylic acids is 1. The van der Waals surface area contributed by atoms with E-state index in [4.69, 9.17) is 16.7 Å². The molecular formula is C22H30ClNO3. The average Bonchev–Trinajstić information content (AvgIpc) is 2.97. The largest absolute Gasteiger partial charge is 0.481 e. The van der Waals surface area contributed by atoms with Crippen molar-refractivity contribution in [3.63, 3.8) is 0 Å². The van der Waals surface area contributed by atoms with Crippen LogP contribution in [0.25, 0.3) is 0 Å². The number of benzene rings is 1. The molecule has 0 amide bonds. The maximum atomic E-state index is 12.5. The van der Waals surface area contributed by atoms with Crippen LogP contribution < -0.4 is 5.32 Å². The smallest absolute Gasteiger partial charge is 0.303 e. The van der Waals surface area contributed by atoms with Crippen LogP contribution in [0.5, 0.6) is 0 Å². The summed E-state index contributed by atoms with van der Waals surface area (Å²) in [4.78, 5) is 23.0. The summed E-state index contributed by atoms with van der Waals surface area (Å²) in [5.74, 6) is -0.520. The van der Waals surface area contributed by atoms with Gasteiger partial charge in [0.2, 0.25) is 0 Å². The van der Waals surface area contributed by atoms with Crippen LogP contribution in [-0.4, -0.2) is 34.3 Å². The number of alkyl halides is 1. The number of ketones is 1. The van der Waals surface area contributed by atoms with Gasteiger partial charge in [-0.1, -0.05) is 42.0 Å². The molecule has 1 aliphatic heterocycles. The van der Waals surface area contributed by atoms with Gasteiger partial charge < -0.3 is 10.4 Å². The molecule has 1 aromatic rings. The molecule has 1 heterocycles. The highest BCUT2D eigenvalue weighted by atomic mass is 35.5. The van der Waals surface area contributed by atoms with Crippen molar-refractivity contribution in [3.05, 3.63) is 47.5 Å². The van der Waals surface area contributed by atoms with Crippen molar-refractivity contribution in [1.29, 1.82) is 0 Å². The number of nitrogens with one attached hydrogen (secondary N) is 1. The normalized spacial score (nSPS) is 22.4. The van der Waals surface area contributed by atoms with Crippen molar-refractivity contribution in [1.82, 2.24) is 5.32 Å². The topological polar surface area (TPSA) is 66.4 Å². The second-order valence-electron chi connectivity index (χ2n) is 7.51. The van der Waals surface area contributed by atoms with Crippen molar-refractivity contribution in [2.45, 2.75) is 69.2 Å². The number of halogens is 1. The number of rotatable bonds is 11. The zero-order valence-electron chi connectivity index (χ0n) is 16.0. The van der Waals surface area contributed by atoms with Gasteiger partial charge in [-0.3, -0.25) is 9.59 Å². The van der Waals surface area contributed by atoms with E-state index in [-0.39, 0.29) is 23.1 Å². The average molecular weight is 392 g/mol. The maximum absolute atomic E-state index is 12.5. The van der Waals surface area contributed by atoms with Gasteiger partial charge in [0.25, 0.3) is 0 Å². The van der Waals surface area contributed by atoms with Gasteiger partial charge in [-0.15, -0.1) is 11.6 Å². The van der Waals surface area contributed by atoms with Gasteiger partial charge in [0.05, 0.1) is 5.38 Å². The van der Waals surface area contributed by atoms with Crippen molar-refractivity contribution >= 4 is 23.4 Å². The molecule has 1 saturated heterocycles. The number of hydrogen-bond acceptors (Lipinski definition) is 3. The van der Waals surface area contributed by atoms with E-state index in [2.05, 4.69) is 17.5 Å². The summed E-state index contributed by atoms with van der Waals surface area (Å²) in [5, 5.41) is 12.2. The molecule has 5 heteroatoms. The molecule has 148 valence electrons. The Balaban J connectivity index is 1.85. The third kappa shape index (κ3) is 7.11. The second-order valence-corrected chi connectivity index (χ2v) is 8.03. The first kappa shape index (κ1) is 21.6. The number of aryl methyl sites for hydroxylation is 1. The highest BCUT2D eigenvalue weighted by molar-refractivity contribution is 6.21. The summed E-state index contributed by atoms with van der Waals surface area (Å²) in [6.07, 6.45) is 9.08. The molecule has 27 heavy (non-hydrogen) atoms.